The second-order valence-electron chi connectivity index (χ2n) is 3.91. The lowest BCUT2D eigenvalue weighted by Gasteiger charge is -2.36. The maximum absolute atomic E-state index is 9.41. The molecule has 2 nitrogen and oxygen atoms in total. The van der Waals surface area contributed by atoms with Gasteiger partial charge in [0.25, 0.3) is 0 Å². The van der Waals surface area contributed by atoms with Crippen LogP contribution in [0.5, 0.6) is 0 Å². The Hall–Kier alpha value is -0.0800. The predicted octanol–water partition coefficient (Wildman–Crippen LogP) is 2.46. The first-order valence-electron chi connectivity index (χ1n) is 5.26. The summed E-state index contributed by atoms with van der Waals surface area (Å²) in [4.78, 5) is 0. The van der Waals surface area contributed by atoms with Crippen molar-refractivity contribution in [2.45, 2.75) is 40.0 Å². The number of hydrogen-bond acceptors (Lipinski definition) is 2. The van der Waals surface area contributed by atoms with Gasteiger partial charge in [-0.05, 0) is 30.6 Å². The zero-order valence-corrected chi connectivity index (χ0v) is 9.47. The van der Waals surface area contributed by atoms with E-state index in [9.17, 15) is 5.11 Å². The van der Waals surface area contributed by atoms with E-state index in [1.165, 1.54) is 0 Å². The van der Waals surface area contributed by atoms with Crippen molar-refractivity contribution in [2.75, 3.05) is 20.3 Å². The number of methoxy groups -OCH3 is 1. The second-order valence-corrected chi connectivity index (χ2v) is 3.91. The van der Waals surface area contributed by atoms with Crippen molar-refractivity contribution in [1.82, 2.24) is 0 Å². The molecule has 0 heterocycles. The van der Waals surface area contributed by atoms with Gasteiger partial charge in [-0.25, -0.2) is 0 Å². The Labute approximate surface area is 82.3 Å². The highest BCUT2D eigenvalue weighted by molar-refractivity contribution is 4.81. The zero-order valence-electron chi connectivity index (χ0n) is 9.47. The molecule has 0 aliphatic heterocycles. The Morgan fingerprint density at radius 3 is 2.15 bits per heavy atom. The molecule has 80 valence electrons. The predicted molar refractivity (Wildman–Crippen MR) is 55.8 cm³/mol. The van der Waals surface area contributed by atoms with Crippen LogP contribution in [-0.2, 0) is 4.74 Å². The van der Waals surface area contributed by atoms with Gasteiger partial charge in [0.05, 0.1) is 0 Å². The third kappa shape index (κ3) is 3.28. The lowest BCUT2D eigenvalue weighted by atomic mass is 9.71. The van der Waals surface area contributed by atoms with Crippen molar-refractivity contribution in [3.05, 3.63) is 0 Å². The first-order chi connectivity index (χ1) is 6.16. The first-order valence-corrected chi connectivity index (χ1v) is 5.26. The molecule has 0 aromatic heterocycles. The van der Waals surface area contributed by atoms with Gasteiger partial charge in [-0.2, -0.15) is 0 Å². The van der Waals surface area contributed by atoms with Gasteiger partial charge in [-0.15, -0.1) is 0 Å². The summed E-state index contributed by atoms with van der Waals surface area (Å²) in [6.45, 7) is 7.61. The summed E-state index contributed by atoms with van der Waals surface area (Å²) in [6.07, 6.45) is 3.13. The molecule has 2 heteroatoms. The topological polar surface area (TPSA) is 29.5 Å². The molecule has 1 N–H and O–H groups in total. The normalized spacial score (nSPS) is 14.5. The van der Waals surface area contributed by atoms with Crippen molar-refractivity contribution >= 4 is 0 Å². The molecule has 0 aromatic carbocycles. The monoisotopic (exact) mass is 188 g/mol. The molecule has 0 aromatic rings. The molecule has 1 atom stereocenters. The quantitative estimate of drug-likeness (QED) is 0.665. The third-order valence-electron chi connectivity index (χ3n) is 3.52. The number of aliphatic hydroxyl groups is 1. The molecular weight excluding hydrogens is 164 g/mol. The van der Waals surface area contributed by atoms with Gasteiger partial charge < -0.3 is 9.84 Å². The molecule has 0 saturated heterocycles. The Morgan fingerprint density at radius 2 is 1.85 bits per heavy atom. The third-order valence-corrected chi connectivity index (χ3v) is 3.52. The summed E-state index contributed by atoms with van der Waals surface area (Å²) in [5, 5.41) is 9.41. The lowest BCUT2D eigenvalue weighted by molar-refractivity contribution is 0.0415. The van der Waals surface area contributed by atoms with E-state index in [0.29, 0.717) is 12.5 Å². The number of rotatable bonds is 7. The van der Waals surface area contributed by atoms with Gasteiger partial charge in [-0.1, -0.05) is 20.8 Å². The summed E-state index contributed by atoms with van der Waals surface area (Å²) < 4.78 is 5.06. The van der Waals surface area contributed by atoms with Crippen LogP contribution in [0.2, 0.25) is 0 Å². The Morgan fingerprint density at radius 1 is 1.31 bits per heavy atom. The summed E-state index contributed by atoms with van der Waals surface area (Å²) in [7, 11) is 1.73. The highest BCUT2D eigenvalue weighted by Gasteiger charge is 2.31. The fourth-order valence-corrected chi connectivity index (χ4v) is 1.93. The molecule has 0 amide bonds. The first kappa shape index (κ1) is 12.9. The molecule has 1 unspecified atom stereocenters. The summed E-state index contributed by atoms with van der Waals surface area (Å²) in [5.41, 5.74) is 0.110. The van der Waals surface area contributed by atoms with Gasteiger partial charge in [0.1, 0.15) is 0 Å². The van der Waals surface area contributed by atoms with Crippen LogP contribution in [0.25, 0.3) is 0 Å². The lowest BCUT2D eigenvalue weighted by Crippen LogP contribution is -2.32. The fraction of sp³-hybridized carbons (Fsp3) is 1.00. The maximum atomic E-state index is 9.41. The maximum Gasteiger partial charge on any atom is 0.0489 e. The molecule has 0 aliphatic rings. The minimum Gasteiger partial charge on any atom is -0.396 e. The van der Waals surface area contributed by atoms with Gasteiger partial charge in [0.2, 0.25) is 0 Å². The van der Waals surface area contributed by atoms with Gasteiger partial charge >= 0.3 is 0 Å². The van der Waals surface area contributed by atoms with Crippen molar-refractivity contribution in [1.29, 1.82) is 0 Å². The van der Waals surface area contributed by atoms with E-state index in [0.717, 1.165) is 25.9 Å². The molecule has 0 aliphatic carbocycles. The number of ether oxygens (including phenoxy) is 1. The van der Waals surface area contributed by atoms with Crippen LogP contribution in [0.15, 0.2) is 0 Å². The highest BCUT2D eigenvalue weighted by Crippen LogP contribution is 2.36. The van der Waals surface area contributed by atoms with Crippen LogP contribution in [0.1, 0.15) is 40.0 Å². The molecule has 0 radical (unpaired) electrons. The zero-order chi connectivity index (χ0) is 10.3. The second kappa shape index (κ2) is 6.39. The Bertz CT molecular complexity index is 111. The van der Waals surface area contributed by atoms with E-state index in [2.05, 4.69) is 20.8 Å². The van der Waals surface area contributed by atoms with Crippen LogP contribution in [0.3, 0.4) is 0 Å². The minimum absolute atomic E-state index is 0.110. The SMILES string of the molecule is CCC(CC)(CO)C(C)CCOC. The van der Waals surface area contributed by atoms with Crippen LogP contribution in [0.4, 0.5) is 0 Å². The minimum atomic E-state index is 0.110. The molecule has 13 heavy (non-hydrogen) atoms. The van der Waals surface area contributed by atoms with Crippen LogP contribution < -0.4 is 0 Å². The molecule has 0 rings (SSSR count). The Kier molecular flexibility index (Phi) is 6.35. The largest absolute Gasteiger partial charge is 0.396 e. The summed E-state index contributed by atoms with van der Waals surface area (Å²) >= 11 is 0. The molecular formula is C11H24O2. The average Bonchev–Trinajstić information content (AvgIpc) is 2.18. The molecule has 0 spiro atoms. The van der Waals surface area contributed by atoms with Crippen LogP contribution in [0, 0.1) is 11.3 Å². The molecule has 0 bridgehead atoms. The average molecular weight is 188 g/mol. The van der Waals surface area contributed by atoms with Gasteiger partial charge in [0.15, 0.2) is 0 Å². The van der Waals surface area contributed by atoms with Crippen molar-refractivity contribution < 1.29 is 9.84 Å². The number of aliphatic hydroxyl groups excluding tert-OH is 1. The van der Waals surface area contributed by atoms with Crippen molar-refractivity contribution in [2.24, 2.45) is 11.3 Å². The smallest absolute Gasteiger partial charge is 0.0489 e. The van der Waals surface area contributed by atoms with E-state index in [1.807, 2.05) is 0 Å². The van der Waals surface area contributed by atoms with E-state index in [1.54, 1.807) is 7.11 Å². The number of hydrogen-bond donors (Lipinski definition) is 1. The van der Waals surface area contributed by atoms with E-state index < -0.39 is 0 Å². The van der Waals surface area contributed by atoms with Crippen molar-refractivity contribution in [3.8, 4) is 0 Å². The molecule has 0 fully saturated rings. The summed E-state index contributed by atoms with van der Waals surface area (Å²) in [6, 6.07) is 0. The Balaban J connectivity index is 4.17. The summed E-state index contributed by atoms with van der Waals surface area (Å²) in [5.74, 6) is 0.535. The van der Waals surface area contributed by atoms with E-state index in [4.69, 9.17) is 4.74 Å². The van der Waals surface area contributed by atoms with Crippen LogP contribution >= 0.6 is 0 Å². The highest BCUT2D eigenvalue weighted by atomic mass is 16.5. The van der Waals surface area contributed by atoms with Gasteiger partial charge in [-0.3, -0.25) is 0 Å². The standard InChI is InChI=1S/C11H24O2/c1-5-11(6-2,9-12)10(3)7-8-13-4/h10,12H,5-9H2,1-4H3. The molecule has 0 saturated carbocycles. The van der Waals surface area contributed by atoms with E-state index >= 15 is 0 Å². The van der Waals surface area contributed by atoms with E-state index in [-0.39, 0.29) is 5.41 Å². The van der Waals surface area contributed by atoms with Crippen molar-refractivity contribution in [3.63, 3.8) is 0 Å². The fourth-order valence-electron chi connectivity index (χ4n) is 1.93. The van der Waals surface area contributed by atoms with Gasteiger partial charge in [0, 0.05) is 20.3 Å². The van der Waals surface area contributed by atoms with Crippen LogP contribution in [-0.4, -0.2) is 25.4 Å².